The first-order valence-corrected chi connectivity index (χ1v) is 8.57. The molecule has 27 heavy (non-hydrogen) atoms. The molecule has 132 valence electrons. The van der Waals surface area contributed by atoms with Crippen LogP contribution >= 0.6 is 11.3 Å². The Balaban J connectivity index is 2.41. The quantitative estimate of drug-likeness (QED) is 0.687. The van der Waals surface area contributed by atoms with Crippen LogP contribution in [0.2, 0.25) is 0 Å². The second-order valence-electron chi connectivity index (χ2n) is 5.62. The first-order valence-electron chi connectivity index (χ1n) is 7.75. The van der Waals surface area contributed by atoms with E-state index in [4.69, 9.17) is 0 Å². The van der Waals surface area contributed by atoms with E-state index in [9.17, 15) is 24.1 Å². The Morgan fingerprint density at radius 3 is 2.44 bits per heavy atom. The predicted molar refractivity (Wildman–Crippen MR) is 98.5 cm³/mol. The van der Waals surface area contributed by atoms with Crippen molar-refractivity contribution in [3.63, 3.8) is 0 Å². The number of para-hydroxylation sites is 1. The zero-order valence-electron chi connectivity index (χ0n) is 14.0. The molecule has 0 saturated carbocycles. The summed E-state index contributed by atoms with van der Waals surface area (Å²) in [5.41, 5.74) is 0.975. The fraction of sp³-hybridized carbons (Fsp3) is 0.0500. The van der Waals surface area contributed by atoms with Crippen LogP contribution in [0.25, 0.3) is 17.3 Å². The molecule has 4 nitrogen and oxygen atoms in total. The van der Waals surface area contributed by atoms with E-state index in [0.29, 0.717) is 11.3 Å². The zero-order valence-corrected chi connectivity index (χ0v) is 14.8. The SMILES string of the molecule is Cc1ccccc1-n1c(=C(C#N)C#N)s/c(=C/c2ccc(F)c(F)c2)c1=O. The fourth-order valence-corrected chi connectivity index (χ4v) is 3.61. The molecule has 0 fully saturated rings. The summed E-state index contributed by atoms with van der Waals surface area (Å²) in [7, 11) is 0. The maximum Gasteiger partial charge on any atom is 0.273 e. The topological polar surface area (TPSA) is 69.6 Å². The van der Waals surface area contributed by atoms with Crippen LogP contribution in [0.5, 0.6) is 0 Å². The van der Waals surface area contributed by atoms with Crippen LogP contribution in [0, 0.1) is 41.2 Å². The van der Waals surface area contributed by atoms with Gasteiger partial charge in [0, 0.05) is 0 Å². The molecule has 0 aliphatic rings. The Hall–Kier alpha value is -3.55. The highest BCUT2D eigenvalue weighted by Crippen LogP contribution is 2.11. The summed E-state index contributed by atoms with van der Waals surface area (Å²) in [6, 6.07) is 14.0. The smallest absolute Gasteiger partial charge is 0.267 e. The van der Waals surface area contributed by atoms with Gasteiger partial charge < -0.3 is 0 Å². The lowest BCUT2D eigenvalue weighted by Crippen LogP contribution is -2.31. The lowest BCUT2D eigenvalue weighted by molar-refractivity contribution is 0.508. The third-order valence-corrected chi connectivity index (χ3v) is 4.95. The number of thiazole rings is 1. The molecule has 0 N–H and O–H groups in total. The van der Waals surface area contributed by atoms with Crippen LogP contribution < -0.4 is 14.8 Å². The Kier molecular flexibility index (Phi) is 4.98. The molecule has 0 spiro atoms. The van der Waals surface area contributed by atoms with E-state index >= 15 is 0 Å². The standard InChI is InChI=1S/C20H11F2N3OS/c1-12-4-2-3-5-17(12)25-19(26)18(27-20(25)14(10-23)11-24)9-13-6-7-15(21)16(22)8-13/h2-9H,1H3/b18-9+. The molecular weight excluding hydrogens is 368 g/mol. The van der Waals surface area contributed by atoms with E-state index in [2.05, 4.69) is 0 Å². The van der Waals surface area contributed by atoms with Crippen molar-refractivity contribution in [3.05, 3.63) is 84.8 Å². The van der Waals surface area contributed by atoms with Crippen LogP contribution in [-0.2, 0) is 0 Å². The number of nitriles is 2. The zero-order chi connectivity index (χ0) is 19.6. The maximum atomic E-state index is 13.5. The molecule has 0 unspecified atom stereocenters. The van der Waals surface area contributed by atoms with Crippen molar-refractivity contribution in [2.24, 2.45) is 0 Å². The minimum absolute atomic E-state index is 0.188. The molecule has 0 bridgehead atoms. The molecule has 0 amide bonds. The van der Waals surface area contributed by atoms with Crippen molar-refractivity contribution in [1.29, 1.82) is 10.5 Å². The Bertz CT molecular complexity index is 1290. The van der Waals surface area contributed by atoms with Crippen molar-refractivity contribution in [3.8, 4) is 17.8 Å². The number of aromatic nitrogens is 1. The molecule has 1 aromatic heterocycles. The van der Waals surface area contributed by atoms with Gasteiger partial charge in [0.2, 0.25) is 0 Å². The second-order valence-corrected chi connectivity index (χ2v) is 6.65. The van der Waals surface area contributed by atoms with Gasteiger partial charge in [-0.25, -0.2) is 8.78 Å². The van der Waals surface area contributed by atoms with Gasteiger partial charge in [0.05, 0.1) is 10.2 Å². The number of benzene rings is 2. The molecule has 7 heteroatoms. The van der Waals surface area contributed by atoms with Gasteiger partial charge in [-0.3, -0.25) is 9.36 Å². The summed E-state index contributed by atoms with van der Waals surface area (Å²) in [6.45, 7) is 1.81. The van der Waals surface area contributed by atoms with Gasteiger partial charge in [-0.1, -0.05) is 24.3 Å². The van der Waals surface area contributed by atoms with E-state index in [1.165, 1.54) is 16.7 Å². The number of halogens is 2. The van der Waals surface area contributed by atoms with E-state index in [0.717, 1.165) is 29.0 Å². The lowest BCUT2D eigenvalue weighted by Gasteiger charge is -2.05. The summed E-state index contributed by atoms with van der Waals surface area (Å²) in [6.07, 6.45) is 1.40. The summed E-state index contributed by atoms with van der Waals surface area (Å²) in [4.78, 5) is 13.0. The van der Waals surface area contributed by atoms with Crippen LogP contribution in [0.3, 0.4) is 0 Å². The normalized spacial score (nSPS) is 11.1. The van der Waals surface area contributed by atoms with Gasteiger partial charge in [0.25, 0.3) is 5.56 Å². The largest absolute Gasteiger partial charge is 0.273 e. The van der Waals surface area contributed by atoms with E-state index in [1.54, 1.807) is 37.3 Å². The monoisotopic (exact) mass is 379 g/mol. The highest BCUT2D eigenvalue weighted by atomic mass is 32.1. The number of aryl methyl sites for hydroxylation is 1. The summed E-state index contributed by atoms with van der Waals surface area (Å²) in [5, 5.41) is 18.5. The van der Waals surface area contributed by atoms with E-state index in [-0.39, 0.29) is 14.8 Å². The van der Waals surface area contributed by atoms with Crippen LogP contribution in [0.15, 0.2) is 47.3 Å². The molecule has 0 saturated heterocycles. The molecule has 0 radical (unpaired) electrons. The van der Waals surface area contributed by atoms with Crippen LogP contribution in [0.4, 0.5) is 8.78 Å². The van der Waals surface area contributed by atoms with Gasteiger partial charge in [-0.15, -0.1) is 11.3 Å². The third-order valence-electron chi connectivity index (χ3n) is 3.86. The van der Waals surface area contributed by atoms with Crippen molar-refractivity contribution < 1.29 is 8.78 Å². The van der Waals surface area contributed by atoms with Crippen molar-refractivity contribution in [2.45, 2.75) is 6.92 Å². The van der Waals surface area contributed by atoms with E-state index in [1.807, 2.05) is 6.07 Å². The number of rotatable bonds is 2. The highest BCUT2D eigenvalue weighted by molar-refractivity contribution is 7.07. The molecule has 2 aromatic carbocycles. The average Bonchev–Trinajstić information content (AvgIpc) is 2.96. The van der Waals surface area contributed by atoms with Crippen molar-refractivity contribution in [2.75, 3.05) is 0 Å². The summed E-state index contributed by atoms with van der Waals surface area (Å²) >= 11 is 0.948. The number of nitrogens with zero attached hydrogens (tertiary/aromatic N) is 3. The average molecular weight is 379 g/mol. The molecule has 0 aliphatic carbocycles. The van der Waals surface area contributed by atoms with Crippen LogP contribution in [-0.4, -0.2) is 4.57 Å². The van der Waals surface area contributed by atoms with Gasteiger partial charge in [0.15, 0.2) is 17.2 Å². The number of hydrogen-bond acceptors (Lipinski definition) is 4. The summed E-state index contributed by atoms with van der Waals surface area (Å²) in [5.74, 6) is -2.01. The molecule has 3 aromatic rings. The maximum absolute atomic E-state index is 13.5. The van der Waals surface area contributed by atoms with Gasteiger partial charge in [0.1, 0.15) is 16.8 Å². The van der Waals surface area contributed by atoms with Crippen molar-refractivity contribution in [1.82, 2.24) is 4.57 Å². The molecule has 1 heterocycles. The first kappa shape index (κ1) is 18.2. The molecule has 0 aliphatic heterocycles. The van der Waals surface area contributed by atoms with Gasteiger partial charge in [-0.2, -0.15) is 10.5 Å². The Morgan fingerprint density at radius 2 is 1.81 bits per heavy atom. The molecule has 3 rings (SSSR count). The third kappa shape index (κ3) is 3.41. The second kappa shape index (κ2) is 7.36. The van der Waals surface area contributed by atoms with Gasteiger partial charge in [-0.05, 0) is 42.3 Å². The van der Waals surface area contributed by atoms with Gasteiger partial charge >= 0.3 is 0 Å². The van der Waals surface area contributed by atoms with Crippen molar-refractivity contribution >= 4 is 23.0 Å². The Labute approximate surface area is 156 Å². The molecular formula is C20H11F2N3OS. The first-order chi connectivity index (χ1) is 13.0. The predicted octanol–water partition coefficient (Wildman–Crippen LogP) is 2.51. The lowest BCUT2D eigenvalue weighted by atomic mass is 10.2. The summed E-state index contributed by atoms with van der Waals surface area (Å²) < 4.78 is 28.3. The minimum Gasteiger partial charge on any atom is -0.267 e. The fourth-order valence-electron chi connectivity index (χ4n) is 2.56. The molecule has 0 atom stereocenters. The number of hydrogen-bond donors (Lipinski definition) is 0. The highest BCUT2D eigenvalue weighted by Gasteiger charge is 2.13. The Morgan fingerprint density at radius 1 is 1.11 bits per heavy atom. The minimum atomic E-state index is -1.03. The van der Waals surface area contributed by atoms with Crippen LogP contribution in [0.1, 0.15) is 11.1 Å². The van der Waals surface area contributed by atoms with E-state index < -0.39 is 17.2 Å².